The van der Waals surface area contributed by atoms with Crippen molar-refractivity contribution in [2.75, 3.05) is 6.54 Å². The van der Waals surface area contributed by atoms with Crippen molar-refractivity contribution in [3.63, 3.8) is 0 Å². The van der Waals surface area contributed by atoms with Gasteiger partial charge in [0.1, 0.15) is 10.7 Å². The number of alkyl halides is 3. The first-order chi connectivity index (χ1) is 12.3. The zero-order valence-electron chi connectivity index (χ0n) is 15.1. The molecule has 4 nitrogen and oxygen atoms in total. The average Bonchev–Trinajstić information content (AvgIpc) is 3.10. The number of aromatic nitrogens is 1. The molecule has 1 aliphatic rings. The van der Waals surface area contributed by atoms with E-state index in [9.17, 15) is 18.0 Å². The zero-order valence-corrected chi connectivity index (χ0v) is 17.6. The molecular weight excluding hydrogens is 434 g/mol. The van der Waals surface area contributed by atoms with Gasteiger partial charge in [-0.05, 0) is 38.3 Å². The van der Waals surface area contributed by atoms with Crippen LogP contribution in [-0.4, -0.2) is 34.4 Å². The van der Waals surface area contributed by atoms with Crippen LogP contribution in [0.2, 0.25) is 0 Å². The fourth-order valence-corrected chi connectivity index (χ4v) is 4.03. The van der Waals surface area contributed by atoms with Gasteiger partial charge in [-0.1, -0.05) is 12.1 Å². The van der Waals surface area contributed by atoms with E-state index in [1.165, 1.54) is 17.4 Å². The van der Waals surface area contributed by atoms with Gasteiger partial charge in [0.15, 0.2) is 0 Å². The van der Waals surface area contributed by atoms with Crippen molar-refractivity contribution in [2.45, 2.75) is 44.4 Å². The number of rotatable bonds is 3. The van der Waals surface area contributed by atoms with E-state index < -0.39 is 11.7 Å². The highest BCUT2D eigenvalue weighted by Gasteiger charge is 2.32. The topological polar surface area (TPSA) is 59.2 Å². The monoisotopic (exact) mass is 455 g/mol. The Labute approximate surface area is 178 Å². The van der Waals surface area contributed by atoms with E-state index in [0.717, 1.165) is 31.4 Å². The number of nitrogens with two attached hydrogens (primary N) is 1. The molecule has 10 heteroatoms. The van der Waals surface area contributed by atoms with Crippen LogP contribution in [0, 0.1) is 0 Å². The summed E-state index contributed by atoms with van der Waals surface area (Å²) < 4.78 is 38.7. The first-order valence-electron chi connectivity index (χ1n) is 8.47. The van der Waals surface area contributed by atoms with E-state index in [1.807, 2.05) is 6.92 Å². The lowest BCUT2D eigenvalue weighted by molar-refractivity contribution is -0.137. The third kappa shape index (κ3) is 5.37. The Kier molecular flexibility index (Phi) is 8.74. The lowest BCUT2D eigenvalue weighted by Gasteiger charge is -2.37. The fourth-order valence-electron chi connectivity index (χ4n) is 3.24. The second kappa shape index (κ2) is 9.91. The Morgan fingerprint density at radius 3 is 2.68 bits per heavy atom. The summed E-state index contributed by atoms with van der Waals surface area (Å²) >= 11 is 1.17. The summed E-state index contributed by atoms with van der Waals surface area (Å²) in [7, 11) is 0. The minimum Gasteiger partial charge on any atom is -0.333 e. The van der Waals surface area contributed by atoms with E-state index in [2.05, 4.69) is 4.98 Å². The van der Waals surface area contributed by atoms with Gasteiger partial charge in [-0.25, -0.2) is 4.98 Å². The van der Waals surface area contributed by atoms with Crippen LogP contribution in [0.4, 0.5) is 13.2 Å². The molecule has 1 aliphatic heterocycles. The van der Waals surface area contributed by atoms with E-state index in [0.29, 0.717) is 17.1 Å². The number of carbonyl (C=O) groups is 1. The van der Waals surface area contributed by atoms with Crippen LogP contribution in [0.25, 0.3) is 10.6 Å². The Bertz CT molecular complexity index is 798. The van der Waals surface area contributed by atoms with Gasteiger partial charge < -0.3 is 10.6 Å². The number of halogens is 5. The van der Waals surface area contributed by atoms with Crippen LogP contribution in [0.3, 0.4) is 0 Å². The number of hydrogen-bond acceptors (Lipinski definition) is 4. The average molecular weight is 456 g/mol. The predicted molar refractivity (Wildman–Crippen MR) is 109 cm³/mol. The molecule has 0 aliphatic carbocycles. The molecule has 1 aromatic carbocycles. The molecule has 3 rings (SSSR count). The molecule has 2 atom stereocenters. The highest BCUT2D eigenvalue weighted by Crippen LogP contribution is 2.33. The van der Waals surface area contributed by atoms with E-state index in [1.54, 1.807) is 16.3 Å². The van der Waals surface area contributed by atoms with Gasteiger partial charge in [0.25, 0.3) is 5.91 Å². The smallest absolute Gasteiger partial charge is 0.333 e. The highest BCUT2D eigenvalue weighted by molar-refractivity contribution is 7.13. The van der Waals surface area contributed by atoms with Gasteiger partial charge in [0, 0.05) is 29.6 Å². The largest absolute Gasteiger partial charge is 0.416 e. The van der Waals surface area contributed by atoms with Gasteiger partial charge >= 0.3 is 6.18 Å². The molecular formula is C18H22Cl2F3N3OS. The number of carbonyl (C=O) groups excluding carboxylic acids is 1. The Morgan fingerprint density at radius 2 is 2.04 bits per heavy atom. The summed E-state index contributed by atoms with van der Waals surface area (Å²) in [6, 6.07) is 4.81. The summed E-state index contributed by atoms with van der Waals surface area (Å²) in [6.45, 7) is 2.51. The van der Waals surface area contributed by atoms with Crippen molar-refractivity contribution < 1.29 is 18.0 Å². The standard InChI is InChI=1S/C18H20F3N3OS.2ClH/c1-11(22)15-7-2-3-8-24(15)17(25)14-10-26-16(23-14)12-5-4-6-13(9-12)18(19,20)21;;/h4-6,9-11,15H,2-3,7-8,22H2,1H3;2*1H. The van der Waals surface area contributed by atoms with Gasteiger partial charge in [-0.2, -0.15) is 13.2 Å². The maximum Gasteiger partial charge on any atom is 0.416 e. The van der Waals surface area contributed by atoms with Crippen molar-refractivity contribution in [2.24, 2.45) is 5.73 Å². The normalized spacial score (nSPS) is 18.0. The Morgan fingerprint density at radius 1 is 1.32 bits per heavy atom. The highest BCUT2D eigenvalue weighted by atomic mass is 35.5. The van der Waals surface area contributed by atoms with Crippen molar-refractivity contribution in [1.82, 2.24) is 9.88 Å². The third-order valence-electron chi connectivity index (χ3n) is 4.58. The number of hydrogen-bond donors (Lipinski definition) is 1. The van der Waals surface area contributed by atoms with Gasteiger partial charge in [0.2, 0.25) is 0 Å². The molecule has 2 unspecified atom stereocenters. The first-order valence-corrected chi connectivity index (χ1v) is 9.35. The number of benzene rings is 1. The van der Waals surface area contributed by atoms with Crippen molar-refractivity contribution in [3.8, 4) is 10.6 Å². The molecule has 0 radical (unpaired) electrons. The molecule has 2 heterocycles. The predicted octanol–water partition coefficient (Wildman–Crippen LogP) is 5.01. The summed E-state index contributed by atoms with van der Waals surface area (Å²) in [5, 5.41) is 2.00. The summed E-state index contributed by atoms with van der Waals surface area (Å²) in [5.74, 6) is -0.207. The molecule has 28 heavy (non-hydrogen) atoms. The van der Waals surface area contributed by atoms with Crippen molar-refractivity contribution in [3.05, 3.63) is 40.9 Å². The number of thiazole rings is 1. The molecule has 1 aromatic heterocycles. The van der Waals surface area contributed by atoms with Crippen LogP contribution in [0.15, 0.2) is 29.6 Å². The molecule has 0 saturated carbocycles. The molecule has 2 N–H and O–H groups in total. The zero-order chi connectivity index (χ0) is 18.9. The number of likely N-dealkylation sites (tertiary alicyclic amines) is 1. The molecule has 2 aromatic rings. The molecule has 156 valence electrons. The van der Waals surface area contributed by atoms with Gasteiger partial charge in [-0.3, -0.25) is 4.79 Å². The van der Waals surface area contributed by atoms with Crippen molar-refractivity contribution >= 4 is 42.1 Å². The third-order valence-corrected chi connectivity index (χ3v) is 5.47. The van der Waals surface area contributed by atoms with Crippen LogP contribution >= 0.6 is 36.2 Å². The quantitative estimate of drug-likeness (QED) is 0.706. The molecule has 1 saturated heterocycles. The lowest BCUT2D eigenvalue weighted by atomic mass is 9.96. The second-order valence-corrected chi connectivity index (χ2v) is 7.40. The molecule has 0 spiro atoms. The summed E-state index contributed by atoms with van der Waals surface area (Å²) in [5.41, 5.74) is 5.89. The maximum atomic E-state index is 12.9. The van der Waals surface area contributed by atoms with Crippen LogP contribution in [-0.2, 0) is 6.18 Å². The molecule has 0 bridgehead atoms. The Hall–Kier alpha value is -1.35. The van der Waals surface area contributed by atoms with E-state index in [-0.39, 0.29) is 48.5 Å². The van der Waals surface area contributed by atoms with Crippen LogP contribution in [0.5, 0.6) is 0 Å². The summed E-state index contributed by atoms with van der Waals surface area (Å²) in [6.07, 6.45) is -1.61. The minimum atomic E-state index is -4.41. The number of amides is 1. The van der Waals surface area contributed by atoms with E-state index >= 15 is 0 Å². The fraction of sp³-hybridized carbons (Fsp3) is 0.444. The Balaban J connectivity index is 0.00000196. The number of piperidine rings is 1. The molecule has 1 fully saturated rings. The summed E-state index contributed by atoms with van der Waals surface area (Å²) in [4.78, 5) is 18.9. The lowest BCUT2D eigenvalue weighted by Crippen LogP contribution is -2.51. The van der Waals surface area contributed by atoms with Gasteiger partial charge in [-0.15, -0.1) is 36.2 Å². The maximum absolute atomic E-state index is 12.9. The van der Waals surface area contributed by atoms with E-state index in [4.69, 9.17) is 5.73 Å². The first kappa shape index (κ1) is 24.7. The van der Waals surface area contributed by atoms with Crippen molar-refractivity contribution in [1.29, 1.82) is 0 Å². The van der Waals surface area contributed by atoms with Gasteiger partial charge in [0.05, 0.1) is 5.56 Å². The number of nitrogens with zero attached hydrogens (tertiary/aromatic N) is 2. The molecule has 1 amide bonds. The second-order valence-electron chi connectivity index (χ2n) is 6.54. The SMILES string of the molecule is CC(N)C1CCCCN1C(=O)c1csc(-c2cccc(C(F)(F)F)c2)n1.Cl.Cl. The minimum absolute atomic E-state index is 0. The van der Waals surface area contributed by atoms with Crippen LogP contribution < -0.4 is 5.73 Å². The van der Waals surface area contributed by atoms with Crippen LogP contribution in [0.1, 0.15) is 42.2 Å².